The summed E-state index contributed by atoms with van der Waals surface area (Å²) in [5.41, 5.74) is 16.4. The maximum Gasteiger partial charge on any atom is 0.424 e. The van der Waals surface area contributed by atoms with E-state index >= 15 is 0 Å². The smallest absolute Gasteiger partial charge is 0.424 e. The van der Waals surface area contributed by atoms with Gasteiger partial charge in [-0.1, -0.05) is 49.4 Å². The van der Waals surface area contributed by atoms with E-state index < -0.39 is 39.6 Å². The molecule has 3 atom stereocenters. The fourth-order valence-corrected chi connectivity index (χ4v) is 9.18. The van der Waals surface area contributed by atoms with Crippen LogP contribution in [0.25, 0.3) is 11.1 Å². The number of aliphatic imine (C=N–C) groups is 1. The predicted octanol–water partition coefficient (Wildman–Crippen LogP) is 5.05. The van der Waals surface area contributed by atoms with Crippen molar-refractivity contribution in [1.82, 2.24) is 4.31 Å². The highest BCUT2D eigenvalue weighted by molar-refractivity contribution is 7.93. The van der Waals surface area contributed by atoms with Crippen LogP contribution in [0.1, 0.15) is 70.6 Å². The average molecular weight is 651 g/mol. The summed E-state index contributed by atoms with van der Waals surface area (Å²) in [7, 11) is -4.71. The summed E-state index contributed by atoms with van der Waals surface area (Å²) in [5, 5.41) is 10.3. The molecular weight excluding hydrogens is 608 g/mol. The Morgan fingerprint density at radius 2 is 1.80 bits per heavy atom. The highest BCUT2D eigenvalue weighted by Gasteiger charge is 2.51. The second-order valence-corrected chi connectivity index (χ2v) is 14.7. The van der Waals surface area contributed by atoms with E-state index in [-0.39, 0.29) is 42.8 Å². The number of guanidine groups is 1. The van der Waals surface area contributed by atoms with Crippen LogP contribution in [0.5, 0.6) is 0 Å². The molecule has 1 aliphatic heterocycles. The zero-order chi connectivity index (χ0) is 33.6. The Labute approximate surface area is 270 Å². The molecule has 0 spiro atoms. The van der Waals surface area contributed by atoms with Crippen LogP contribution in [-0.2, 0) is 37.3 Å². The molecule has 1 heterocycles. The molecule has 1 amide bonds. The van der Waals surface area contributed by atoms with E-state index in [0.29, 0.717) is 33.9 Å². The van der Waals surface area contributed by atoms with Crippen LogP contribution < -0.4 is 11.5 Å². The zero-order valence-corrected chi connectivity index (χ0v) is 27.7. The van der Waals surface area contributed by atoms with Crippen LogP contribution in [0.4, 0.5) is 4.79 Å². The van der Waals surface area contributed by atoms with Gasteiger partial charge in [-0.2, -0.15) is 4.31 Å². The number of ether oxygens (including phenoxy) is 2. The molecular formula is C34H42N4O7S. The van der Waals surface area contributed by atoms with Crippen LogP contribution in [0.3, 0.4) is 0 Å². The van der Waals surface area contributed by atoms with E-state index in [1.807, 2.05) is 56.3 Å². The van der Waals surface area contributed by atoms with Gasteiger partial charge < -0.3 is 26.0 Å². The molecule has 5 N–H and O–H groups in total. The zero-order valence-electron chi connectivity index (χ0n) is 26.9. The largest absolute Gasteiger partial charge is 0.492 e. The Morgan fingerprint density at radius 3 is 2.50 bits per heavy atom. The van der Waals surface area contributed by atoms with Gasteiger partial charge in [0, 0.05) is 18.4 Å². The van der Waals surface area contributed by atoms with Crippen LogP contribution in [0, 0.1) is 11.8 Å². The molecule has 3 aliphatic rings. The third kappa shape index (κ3) is 6.10. The summed E-state index contributed by atoms with van der Waals surface area (Å²) in [6.45, 7) is 8.96. The first kappa shape index (κ1) is 33.1. The number of hydrogen-bond donors (Lipinski definition) is 3. The first-order chi connectivity index (χ1) is 21.6. The number of nitrogens with zero attached hydrogens (tertiary/aromatic N) is 2. The number of hydrogen-bond acceptors (Lipinski definition) is 7. The molecule has 5 rings (SSSR count). The minimum atomic E-state index is -4.71. The second kappa shape index (κ2) is 12.5. The van der Waals surface area contributed by atoms with Crippen molar-refractivity contribution in [2.45, 2.75) is 78.6 Å². The molecule has 1 saturated heterocycles. The second-order valence-electron chi connectivity index (χ2n) is 12.9. The summed E-state index contributed by atoms with van der Waals surface area (Å²) in [5.74, 6) is -1.76. The van der Waals surface area contributed by atoms with Gasteiger partial charge in [0.05, 0.1) is 4.91 Å². The Morgan fingerprint density at radius 1 is 1.11 bits per heavy atom. The minimum Gasteiger partial charge on any atom is -0.492 e. The van der Waals surface area contributed by atoms with Crippen molar-refractivity contribution in [3.05, 3.63) is 81.0 Å². The van der Waals surface area contributed by atoms with Crippen LogP contribution in [0.15, 0.2) is 69.3 Å². The lowest BCUT2D eigenvalue weighted by Crippen LogP contribution is -2.50. The molecule has 0 saturated carbocycles. The normalized spacial score (nSPS) is 20.3. The third-order valence-corrected chi connectivity index (χ3v) is 11.4. The number of amides is 1. The number of carboxylic acid groups (broad SMARTS) is 1. The molecule has 2 aromatic rings. The van der Waals surface area contributed by atoms with E-state index in [1.165, 1.54) is 0 Å². The van der Waals surface area contributed by atoms with Gasteiger partial charge in [-0.25, -0.2) is 18.0 Å². The number of fused-ring (bicyclic) bond motifs is 4. The molecule has 46 heavy (non-hydrogen) atoms. The van der Waals surface area contributed by atoms with Crippen molar-refractivity contribution in [1.29, 1.82) is 0 Å². The van der Waals surface area contributed by atoms with Crippen LogP contribution in [-0.4, -0.2) is 54.0 Å². The average Bonchev–Trinajstić information content (AvgIpc) is 3.53. The maximum atomic E-state index is 14.7. The molecule has 12 heteroatoms. The van der Waals surface area contributed by atoms with Gasteiger partial charge >= 0.3 is 12.1 Å². The fourth-order valence-electron chi connectivity index (χ4n) is 7.01. The number of aliphatic carboxylic acids is 1. The highest BCUT2D eigenvalue weighted by Crippen LogP contribution is 2.51. The van der Waals surface area contributed by atoms with Gasteiger partial charge in [0.15, 0.2) is 5.96 Å². The Bertz CT molecular complexity index is 1770. The molecule has 0 radical (unpaired) electrons. The van der Waals surface area contributed by atoms with Gasteiger partial charge in [-0.15, -0.1) is 0 Å². The molecule has 11 nitrogen and oxygen atoms in total. The van der Waals surface area contributed by atoms with E-state index in [1.54, 1.807) is 20.8 Å². The number of nitrogens with two attached hydrogens (primary N) is 2. The quantitative estimate of drug-likeness (QED) is 0.154. The molecule has 2 aromatic carbocycles. The molecule has 0 bridgehead atoms. The van der Waals surface area contributed by atoms with Crippen molar-refractivity contribution in [3.63, 3.8) is 0 Å². The molecule has 2 unspecified atom stereocenters. The lowest BCUT2D eigenvalue weighted by molar-refractivity contribution is -0.141. The first-order valence-corrected chi connectivity index (χ1v) is 16.9. The number of allylic oxidation sites excluding steroid dienone is 4. The van der Waals surface area contributed by atoms with Gasteiger partial charge in [0.2, 0.25) is 0 Å². The lowest BCUT2D eigenvalue weighted by atomic mass is 9.79. The van der Waals surface area contributed by atoms with E-state index in [9.17, 15) is 23.1 Å². The monoisotopic (exact) mass is 650 g/mol. The first-order valence-electron chi connectivity index (χ1n) is 15.4. The van der Waals surface area contributed by atoms with Crippen molar-refractivity contribution in [3.8, 4) is 11.1 Å². The minimum absolute atomic E-state index is 0.0106. The van der Waals surface area contributed by atoms with Crippen LogP contribution >= 0.6 is 0 Å². The van der Waals surface area contributed by atoms with Gasteiger partial charge in [-0.05, 0) is 92.3 Å². The predicted molar refractivity (Wildman–Crippen MR) is 175 cm³/mol. The summed E-state index contributed by atoms with van der Waals surface area (Å²) in [6.07, 6.45) is -0.164. The van der Waals surface area contributed by atoms with Crippen LogP contribution in [0.2, 0.25) is 0 Å². The highest BCUT2D eigenvalue weighted by atomic mass is 32.2. The molecule has 1 fully saturated rings. The SMILES string of the molecule is CC1=C2OC(C)(C)CC2C(C)C(S(=O)(=O)N(C(=O)OCc2cccc3c2Cc2ccccc2-3)[C@@H](CCCN=C(N)N)C(=O)O)=C1C. The number of benzene rings is 2. The lowest BCUT2D eigenvalue weighted by Gasteiger charge is -2.35. The van der Waals surface area contributed by atoms with Gasteiger partial charge in [0.1, 0.15) is 24.0 Å². The fraction of sp³-hybridized carbons (Fsp3) is 0.441. The molecule has 246 valence electrons. The van der Waals surface area contributed by atoms with Gasteiger partial charge in [-0.3, -0.25) is 4.99 Å². The van der Waals surface area contributed by atoms with Crippen molar-refractivity contribution >= 4 is 28.0 Å². The Balaban J connectivity index is 1.50. The van der Waals surface area contributed by atoms with Crippen molar-refractivity contribution in [2.24, 2.45) is 28.3 Å². The number of carbonyl (C=O) groups is 2. The number of sulfonamides is 1. The molecule has 0 aromatic heterocycles. The standard InChI is InChI=1S/C34H42N4O7S/c1-19-20(2)30(21(3)27-17-34(4,5)45-29(19)27)46(42,43)38(28(31(39)40)14-9-15-37-32(35)36)33(41)44-18-23-11-8-13-25-24-12-7-6-10-22(24)16-26(23)25/h6-8,10-13,21,27-28H,9,14-18H2,1-5H3,(H,39,40)(H4,35,36,37)/t21?,27?,28-/m0/s1. The Hall–Kier alpha value is -4.32. The van der Waals surface area contributed by atoms with E-state index in [2.05, 4.69) is 4.99 Å². The summed E-state index contributed by atoms with van der Waals surface area (Å²) >= 11 is 0. The Kier molecular flexibility index (Phi) is 8.96. The number of carbonyl (C=O) groups excluding carboxylic acids is 1. The van der Waals surface area contributed by atoms with Crippen molar-refractivity contribution < 1.29 is 32.6 Å². The summed E-state index contributed by atoms with van der Waals surface area (Å²) < 4.78 is 41.6. The summed E-state index contributed by atoms with van der Waals surface area (Å²) in [6, 6.07) is 11.9. The number of rotatable bonds is 10. The molecule has 2 aliphatic carbocycles. The topological polar surface area (TPSA) is 175 Å². The van der Waals surface area contributed by atoms with E-state index in [4.69, 9.17) is 20.9 Å². The number of carboxylic acids is 1. The van der Waals surface area contributed by atoms with Crippen molar-refractivity contribution in [2.75, 3.05) is 6.54 Å². The van der Waals surface area contributed by atoms with Gasteiger partial charge in [0.25, 0.3) is 10.0 Å². The summed E-state index contributed by atoms with van der Waals surface area (Å²) in [4.78, 5) is 30.6. The maximum absolute atomic E-state index is 14.7. The third-order valence-electron chi connectivity index (χ3n) is 9.27. The van der Waals surface area contributed by atoms with E-state index in [0.717, 1.165) is 28.0 Å².